The number of benzene rings is 2. The van der Waals surface area contributed by atoms with Gasteiger partial charge in [-0.15, -0.1) is 0 Å². The van der Waals surface area contributed by atoms with Crippen molar-refractivity contribution in [2.24, 2.45) is 5.10 Å². The highest BCUT2D eigenvalue weighted by Crippen LogP contribution is 2.24. The molecule has 0 saturated carbocycles. The summed E-state index contributed by atoms with van der Waals surface area (Å²) in [6.45, 7) is 3.30. The van der Waals surface area contributed by atoms with Crippen LogP contribution in [0.5, 0.6) is 0 Å². The van der Waals surface area contributed by atoms with Gasteiger partial charge in [-0.05, 0) is 32.0 Å². The van der Waals surface area contributed by atoms with Crippen molar-refractivity contribution in [3.8, 4) is 0 Å². The second-order valence-corrected chi connectivity index (χ2v) is 5.99. The molecule has 0 bridgehead atoms. The van der Waals surface area contributed by atoms with Crippen LogP contribution in [0.25, 0.3) is 0 Å². The summed E-state index contributed by atoms with van der Waals surface area (Å²) in [5.74, 6) is -1.03. The number of amides is 2. The third kappa shape index (κ3) is 3.58. The summed E-state index contributed by atoms with van der Waals surface area (Å²) < 4.78 is 0. The van der Waals surface area contributed by atoms with Gasteiger partial charge >= 0.3 is 0 Å². The summed E-state index contributed by atoms with van der Waals surface area (Å²) >= 11 is 0. The Morgan fingerprint density at radius 3 is 2.39 bits per heavy atom. The Bertz CT molecular complexity index is 1010. The fourth-order valence-electron chi connectivity index (χ4n) is 2.79. The van der Waals surface area contributed by atoms with Crippen molar-refractivity contribution >= 4 is 28.9 Å². The van der Waals surface area contributed by atoms with Gasteiger partial charge in [0, 0.05) is 11.8 Å². The fourth-order valence-corrected chi connectivity index (χ4v) is 2.79. The first-order chi connectivity index (χ1) is 13.4. The second-order valence-electron chi connectivity index (χ2n) is 5.99. The lowest BCUT2D eigenvalue weighted by molar-refractivity contribution is -0.385. The van der Waals surface area contributed by atoms with E-state index in [4.69, 9.17) is 0 Å². The average molecular weight is 379 g/mol. The van der Waals surface area contributed by atoms with Gasteiger partial charge in [-0.1, -0.05) is 30.3 Å². The molecule has 1 aliphatic rings. The number of anilines is 1. The van der Waals surface area contributed by atoms with Crippen LogP contribution in [0.3, 0.4) is 0 Å². The number of nitro groups is 1. The number of rotatable bonds is 5. The summed E-state index contributed by atoms with van der Waals surface area (Å²) in [5, 5.41) is 16.6. The first kappa shape index (κ1) is 18.8. The minimum atomic E-state index is -0.688. The van der Waals surface area contributed by atoms with E-state index in [2.05, 4.69) is 16.0 Å². The first-order valence-electron chi connectivity index (χ1n) is 8.36. The zero-order valence-electron chi connectivity index (χ0n) is 15.2. The van der Waals surface area contributed by atoms with Crippen LogP contribution in [-0.4, -0.2) is 22.4 Å². The fraction of sp³-hybridized carbons (Fsp3) is 0.105. The normalized spacial score (nSPS) is 15.1. The largest absolute Gasteiger partial charge is 0.302 e. The van der Waals surface area contributed by atoms with Gasteiger partial charge in [0.15, 0.2) is 0 Å². The van der Waals surface area contributed by atoms with Crippen LogP contribution in [0.1, 0.15) is 24.2 Å². The Morgan fingerprint density at radius 2 is 1.71 bits per heavy atom. The molecule has 3 rings (SSSR count). The SMILES string of the molecule is CC1=NN(c2ccccc2)C(=O)/C1=C(/C)NNC(=O)c1ccccc1[N+](=O)[O-]. The lowest BCUT2D eigenvalue weighted by Gasteiger charge is -2.13. The van der Waals surface area contributed by atoms with Crippen molar-refractivity contribution < 1.29 is 14.5 Å². The molecule has 2 aromatic rings. The molecule has 2 amide bonds. The number of para-hydroxylation sites is 2. The monoisotopic (exact) mass is 379 g/mol. The van der Waals surface area contributed by atoms with Crippen LogP contribution >= 0.6 is 0 Å². The Kier molecular flexibility index (Phi) is 5.16. The highest BCUT2D eigenvalue weighted by molar-refractivity contribution is 6.30. The third-order valence-electron chi connectivity index (χ3n) is 4.10. The summed E-state index contributed by atoms with van der Waals surface area (Å²) in [5.41, 5.74) is 6.43. The molecule has 0 aliphatic carbocycles. The van der Waals surface area contributed by atoms with Gasteiger partial charge in [0.1, 0.15) is 5.56 Å². The zero-order valence-corrected chi connectivity index (χ0v) is 15.2. The number of hydrazone groups is 1. The second kappa shape index (κ2) is 7.70. The molecular formula is C19H17N5O4. The number of allylic oxidation sites excluding steroid dienone is 1. The predicted molar refractivity (Wildman–Crippen MR) is 103 cm³/mol. The number of hydrogen-bond acceptors (Lipinski definition) is 6. The molecule has 2 aromatic carbocycles. The van der Waals surface area contributed by atoms with Crippen LogP contribution < -0.4 is 15.9 Å². The van der Waals surface area contributed by atoms with Crippen LogP contribution in [-0.2, 0) is 4.79 Å². The molecule has 9 nitrogen and oxygen atoms in total. The summed E-state index contributed by atoms with van der Waals surface area (Å²) in [6.07, 6.45) is 0. The molecule has 0 fully saturated rings. The Hall–Kier alpha value is -4.01. The first-order valence-corrected chi connectivity index (χ1v) is 8.36. The molecule has 142 valence electrons. The Balaban J connectivity index is 1.77. The Labute approximate surface area is 160 Å². The van der Waals surface area contributed by atoms with Crippen LogP contribution in [0.4, 0.5) is 11.4 Å². The number of hydrogen-bond donors (Lipinski definition) is 2. The number of nitro benzene ring substituents is 1. The smallest absolute Gasteiger partial charge is 0.282 e. The molecule has 9 heteroatoms. The molecule has 0 radical (unpaired) electrons. The molecule has 0 spiro atoms. The van der Waals surface area contributed by atoms with Crippen molar-refractivity contribution in [2.45, 2.75) is 13.8 Å². The third-order valence-corrected chi connectivity index (χ3v) is 4.10. The van der Waals surface area contributed by atoms with E-state index in [1.165, 1.54) is 29.3 Å². The van der Waals surface area contributed by atoms with E-state index in [-0.39, 0.29) is 17.2 Å². The maximum absolute atomic E-state index is 12.7. The molecule has 0 unspecified atom stereocenters. The van der Waals surface area contributed by atoms with Crippen molar-refractivity contribution in [1.82, 2.24) is 10.9 Å². The van der Waals surface area contributed by atoms with Crippen molar-refractivity contribution in [2.75, 3.05) is 5.01 Å². The molecule has 1 heterocycles. The highest BCUT2D eigenvalue weighted by atomic mass is 16.6. The molecule has 28 heavy (non-hydrogen) atoms. The minimum absolute atomic E-state index is 0.0909. The number of nitrogens with zero attached hydrogens (tertiary/aromatic N) is 3. The topological polar surface area (TPSA) is 117 Å². The van der Waals surface area contributed by atoms with E-state index in [0.717, 1.165) is 0 Å². The standard InChI is InChI=1S/C19H17N5O4/c1-12(20-21-18(25)15-10-6-7-11-16(15)24(27)28)17-13(2)22-23(19(17)26)14-8-4-3-5-9-14/h3-11,20H,1-2H3,(H,21,25)/b17-12-. The van der Waals surface area contributed by atoms with E-state index in [0.29, 0.717) is 22.7 Å². The van der Waals surface area contributed by atoms with E-state index in [1.807, 2.05) is 6.07 Å². The number of carbonyl (C=O) groups excluding carboxylic acids is 2. The number of hydrazine groups is 1. The Morgan fingerprint density at radius 1 is 1.07 bits per heavy atom. The summed E-state index contributed by atoms with van der Waals surface area (Å²) in [7, 11) is 0. The van der Waals surface area contributed by atoms with Gasteiger partial charge in [-0.3, -0.25) is 25.1 Å². The summed E-state index contributed by atoms with van der Waals surface area (Å²) in [6, 6.07) is 14.6. The van der Waals surface area contributed by atoms with Gasteiger partial charge in [0.2, 0.25) is 0 Å². The van der Waals surface area contributed by atoms with Gasteiger partial charge < -0.3 is 5.43 Å². The molecule has 2 N–H and O–H groups in total. The summed E-state index contributed by atoms with van der Waals surface area (Å²) in [4.78, 5) is 35.5. The van der Waals surface area contributed by atoms with Crippen LogP contribution in [0.15, 0.2) is 71.0 Å². The highest BCUT2D eigenvalue weighted by Gasteiger charge is 2.30. The molecule has 0 saturated heterocycles. The van der Waals surface area contributed by atoms with Gasteiger partial charge in [0.05, 0.1) is 21.9 Å². The van der Waals surface area contributed by atoms with Gasteiger partial charge in [0.25, 0.3) is 17.5 Å². The van der Waals surface area contributed by atoms with Crippen molar-refractivity contribution in [1.29, 1.82) is 0 Å². The van der Waals surface area contributed by atoms with Crippen LogP contribution in [0, 0.1) is 10.1 Å². The van der Waals surface area contributed by atoms with Crippen molar-refractivity contribution in [3.63, 3.8) is 0 Å². The number of nitrogens with one attached hydrogen (secondary N) is 2. The molecular weight excluding hydrogens is 362 g/mol. The van der Waals surface area contributed by atoms with E-state index < -0.39 is 10.8 Å². The molecule has 1 aliphatic heterocycles. The van der Waals surface area contributed by atoms with E-state index in [9.17, 15) is 19.7 Å². The molecule has 0 atom stereocenters. The van der Waals surface area contributed by atoms with E-state index in [1.54, 1.807) is 38.1 Å². The van der Waals surface area contributed by atoms with Gasteiger partial charge in [-0.2, -0.15) is 10.1 Å². The lowest BCUT2D eigenvalue weighted by atomic mass is 10.1. The van der Waals surface area contributed by atoms with E-state index >= 15 is 0 Å². The number of carbonyl (C=O) groups is 2. The zero-order chi connectivity index (χ0) is 20.3. The minimum Gasteiger partial charge on any atom is -0.302 e. The maximum Gasteiger partial charge on any atom is 0.282 e. The predicted octanol–water partition coefficient (Wildman–Crippen LogP) is 2.53. The van der Waals surface area contributed by atoms with Gasteiger partial charge in [-0.25, -0.2) is 0 Å². The van der Waals surface area contributed by atoms with Crippen molar-refractivity contribution in [3.05, 3.63) is 81.5 Å². The molecule has 0 aromatic heterocycles. The average Bonchev–Trinajstić information content (AvgIpc) is 3.00. The maximum atomic E-state index is 12.7. The quantitative estimate of drug-likeness (QED) is 0.470. The lowest BCUT2D eigenvalue weighted by Crippen LogP contribution is -2.38. The van der Waals surface area contributed by atoms with Crippen LogP contribution in [0.2, 0.25) is 0 Å².